The van der Waals surface area contributed by atoms with Gasteiger partial charge in [-0.2, -0.15) is 0 Å². The molecule has 0 saturated carbocycles. The Labute approximate surface area is 294 Å². The standard InChI is InChI=1S/C40H82N2O4Si/c1-6-9-12-15-18-21-24-27-30-33-36-41-39(43)45-47(4,5)46-40(44)42(37-34-31-28-25-22-19-16-13-10-7-2)38-35-32-29-26-23-20-17-14-11-8-3/h6-38H2,1-5H3,(H,41,43). The van der Waals surface area contributed by atoms with Crippen LogP contribution < -0.4 is 5.32 Å². The molecule has 0 fully saturated rings. The molecule has 0 saturated heterocycles. The topological polar surface area (TPSA) is 67.9 Å². The lowest BCUT2D eigenvalue weighted by Gasteiger charge is -2.28. The maximum atomic E-state index is 13.3. The van der Waals surface area contributed by atoms with Crippen LogP contribution in [0.5, 0.6) is 0 Å². The fourth-order valence-corrected chi connectivity index (χ4v) is 7.34. The summed E-state index contributed by atoms with van der Waals surface area (Å²) in [6.45, 7) is 12.4. The van der Waals surface area contributed by atoms with Crippen molar-refractivity contribution in [1.29, 1.82) is 0 Å². The largest absolute Gasteiger partial charge is 0.469 e. The third-order valence-electron chi connectivity index (χ3n) is 9.29. The number of nitrogens with zero attached hydrogens (tertiary/aromatic N) is 1. The van der Waals surface area contributed by atoms with Crippen LogP contribution in [0.4, 0.5) is 9.59 Å². The number of carbonyl (C=O) groups excluding carboxylic acids is 2. The molecule has 0 aromatic heterocycles. The molecule has 0 aliphatic heterocycles. The summed E-state index contributed by atoms with van der Waals surface area (Å²) in [5, 5.41) is 2.88. The van der Waals surface area contributed by atoms with Crippen LogP contribution in [0.25, 0.3) is 0 Å². The molecule has 0 rings (SSSR count). The van der Waals surface area contributed by atoms with Gasteiger partial charge < -0.3 is 19.1 Å². The van der Waals surface area contributed by atoms with Crippen molar-refractivity contribution < 1.29 is 18.4 Å². The van der Waals surface area contributed by atoms with E-state index in [4.69, 9.17) is 8.85 Å². The Morgan fingerprint density at radius 2 is 0.745 bits per heavy atom. The zero-order valence-electron chi connectivity index (χ0n) is 32.4. The average Bonchev–Trinajstić information content (AvgIpc) is 3.03. The van der Waals surface area contributed by atoms with Crippen LogP contribution in [0.3, 0.4) is 0 Å². The Kier molecular flexibility index (Phi) is 33.7. The van der Waals surface area contributed by atoms with E-state index in [1.807, 2.05) is 4.90 Å². The second-order valence-corrected chi connectivity index (χ2v) is 17.8. The smallest absolute Gasteiger partial charge is 0.460 e. The predicted molar refractivity (Wildman–Crippen MR) is 206 cm³/mol. The minimum atomic E-state index is -2.95. The minimum absolute atomic E-state index is 0.309. The Morgan fingerprint density at radius 1 is 0.447 bits per heavy atom. The maximum absolute atomic E-state index is 13.3. The first-order valence-electron chi connectivity index (χ1n) is 20.8. The molecule has 0 aromatic carbocycles. The molecule has 0 spiro atoms. The molecule has 47 heavy (non-hydrogen) atoms. The summed E-state index contributed by atoms with van der Waals surface area (Å²) in [5.74, 6) is 0. The highest BCUT2D eigenvalue weighted by molar-refractivity contribution is 6.67. The number of rotatable bonds is 35. The summed E-state index contributed by atoms with van der Waals surface area (Å²) >= 11 is 0. The molecule has 7 heteroatoms. The van der Waals surface area contributed by atoms with Crippen molar-refractivity contribution in [3.8, 4) is 0 Å². The molecule has 0 heterocycles. The van der Waals surface area contributed by atoms with E-state index in [0.717, 1.165) is 51.6 Å². The molecule has 6 nitrogen and oxygen atoms in total. The van der Waals surface area contributed by atoms with Gasteiger partial charge >= 0.3 is 20.7 Å². The summed E-state index contributed by atoms with van der Waals surface area (Å²) in [4.78, 5) is 27.7. The average molecular weight is 683 g/mol. The molecule has 0 aliphatic rings. The number of hydrogen-bond acceptors (Lipinski definition) is 4. The van der Waals surface area contributed by atoms with E-state index in [9.17, 15) is 9.59 Å². The molecule has 2 amide bonds. The number of unbranched alkanes of at least 4 members (excludes halogenated alkanes) is 27. The summed E-state index contributed by atoms with van der Waals surface area (Å²) in [7, 11) is -2.95. The molecular formula is C40H82N2O4Si. The van der Waals surface area contributed by atoms with Gasteiger partial charge in [0.2, 0.25) is 0 Å². The predicted octanol–water partition coefficient (Wildman–Crippen LogP) is 13.6. The van der Waals surface area contributed by atoms with Crippen LogP contribution in [-0.4, -0.2) is 45.3 Å². The highest BCUT2D eigenvalue weighted by atomic mass is 28.4. The van der Waals surface area contributed by atoms with E-state index in [-0.39, 0.29) is 6.09 Å². The van der Waals surface area contributed by atoms with Crippen LogP contribution >= 0.6 is 0 Å². The van der Waals surface area contributed by atoms with E-state index in [2.05, 4.69) is 26.1 Å². The zero-order valence-corrected chi connectivity index (χ0v) is 33.4. The van der Waals surface area contributed by atoms with E-state index in [0.29, 0.717) is 6.54 Å². The third kappa shape index (κ3) is 33.0. The first-order valence-corrected chi connectivity index (χ1v) is 23.6. The fraction of sp³-hybridized carbons (Fsp3) is 0.950. The van der Waals surface area contributed by atoms with E-state index in [1.54, 1.807) is 13.1 Å². The van der Waals surface area contributed by atoms with E-state index in [1.165, 1.54) is 154 Å². The second-order valence-electron chi connectivity index (χ2n) is 14.6. The summed E-state index contributed by atoms with van der Waals surface area (Å²) < 4.78 is 11.6. The fourth-order valence-electron chi connectivity index (χ4n) is 6.23. The maximum Gasteiger partial charge on any atom is 0.460 e. The van der Waals surface area contributed by atoms with Crippen molar-refractivity contribution in [2.75, 3.05) is 19.6 Å². The molecule has 0 radical (unpaired) electrons. The Bertz CT molecular complexity index is 667. The van der Waals surface area contributed by atoms with Gasteiger partial charge in [0.05, 0.1) is 0 Å². The van der Waals surface area contributed by atoms with Gasteiger partial charge in [-0.25, -0.2) is 9.59 Å². The first-order chi connectivity index (χ1) is 22.9. The van der Waals surface area contributed by atoms with Crippen molar-refractivity contribution in [2.24, 2.45) is 0 Å². The minimum Gasteiger partial charge on any atom is -0.469 e. The highest BCUT2D eigenvalue weighted by Crippen LogP contribution is 2.16. The highest BCUT2D eigenvalue weighted by Gasteiger charge is 2.35. The summed E-state index contributed by atoms with van der Waals surface area (Å²) in [6.07, 6.45) is 37.4. The van der Waals surface area contributed by atoms with Gasteiger partial charge in [0.1, 0.15) is 0 Å². The lowest BCUT2D eigenvalue weighted by Crippen LogP contribution is -2.46. The third-order valence-corrected chi connectivity index (χ3v) is 10.6. The van der Waals surface area contributed by atoms with E-state index < -0.39 is 14.7 Å². The number of nitrogens with one attached hydrogen (secondary N) is 1. The Balaban J connectivity index is 4.43. The second kappa shape index (κ2) is 34.6. The molecule has 0 unspecified atom stereocenters. The molecule has 0 bridgehead atoms. The van der Waals surface area contributed by atoms with Gasteiger partial charge in [-0.05, 0) is 19.3 Å². The van der Waals surface area contributed by atoms with Crippen LogP contribution in [-0.2, 0) is 8.85 Å². The molecule has 280 valence electrons. The quantitative estimate of drug-likeness (QED) is 0.0533. The molecule has 0 aliphatic carbocycles. The molecule has 1 N–H and O–H groups in total. The number of amides is 2. The van der Waals surface area contributed by atoms with E-state index >= 15 is 0 Å². The number of carbonyl (C=O) groups is 2. The lowest BCUT2D eigenvalue weighted by molar-refractivity contribution is 0.131. The molecule has 0 atom stereocenters. The Morgan fingerprint density at radius 3 is 1.09 bits per heavy atom. The van der Waals surface area contributed by atoms with Crippen molar-refractivity contribution in [1.82, 2.24) is 10.2 Å². The van der Waals surface area contributed by atoms with Gasteiger partial charge in [0, 0.05) is 32.7 Å². The van der Waals surface area contributed by atoms with Crippen LogP contribution in [0.2, 0.25) is 13.1 Å². The Hall–Kier alpha value is -1.24. The van der Waals surface area contributed by atoms with Crippen molar-refractivity contribution in [2.45, 2.75) is 226 Å². The molecule has 0 aromatic rings. The monoisotopic (exact) mass is 683 g/mol. The normalized spacial score (nSPS) is 11.5. The van der Waals surface area contributed by atoms with Crippen LogP contribution in [0, 0.1) is 0 Å². The lowest BCUT2D eigenvalue weighted by atomic mass is 10.1. The first kappa shape index (κ1) is 45.8. The zero-order chi connectivity index (χ0) is 34.7. The van der Waals surface area contributed by atoms with Gasteiger partial charge in [-0.1, -0.05) is 194 Å². The van der Waals surface area contributed by atoms with Crippen molar-refractivity contribution in [3.05, 3.63) is 0 Å². The number of hydrogen-bond donors (Lipinski definition) is 1. The summed E-state index contributed by atoms with van der Waals surface area (Å²) in [6, 6.07) is 0. The molecular weight excluding hydrogens is 601 g/mol. The van der Waals surface area contributed by atoms with Crippen LogP contribution in [0.1, 0.15) is 213 Å². The summed E-state index contributed by atoms with van der Waals surface area (Å²) in [5.41, 5.74) is 0. The van der Waals surface area contributed by atoms with Gasteiger partial charge in [-0.15, -0.1) is 0 Å². The van der Waals surface area contributed by atoms with Crippen molar-refractivity contribution >= 4 is 20.7 Å². The SMILES string of the molecule is CCCCCCCCCCCCNC(=O)O[Si](C)(C)OC(=O)N(CCCCCCCCCCCC)CCCCCCCCCCCC. The van der Waals surface area contributed by atoms with Crippen LogP contribution in [0.15, 0.2) is 0 Å². The van der Waals surface area contributed by atoms with Gasteiger partial charge in [-0.3, -0.25) is 0 Å². The van der Waals surface area contributed by atoms with Crippen molar-refractivity contribution in [3.63, 3.8) is 0 Å². The van der Waals surface area contributed by atoms with Gasteiger partial charge in [0.15, 0.2) is 0 Å². The van der Waals surface area contributed by atoms with Gasteiger partial charge in [0.25, 0.3) is 0 Å².